The quantitative estimate of drug-likeness (QED) is 0.726. The van der Waals surface area contributed by atoms with E-state index >= 15 is 0 Å². The van der Waals surface area contributed by atoms with Crippen molar-refractivity contribution in [3.63, 3.8) is 0 Å². The van der Waals surface area contributed by atoms with Crippen LogP contribution in [0.2, 0.25) is 0 Å². The van der Waals surface area contributed by atoms with Gasteiger partial charge in [-0.25, -0.2) is 0 Å². The van der Waals surface area contributed by atoms with E-state index in [2.05, 4.69) is 0 Å². The minimum atomic E-state index is -0.237. The molecule has 0 unspecified atom stereocenters. The molecule has 0 radical (unpaired) electrons. The molecule has 0 amide bonds. The average Bonchev–Trinajstić information content (AvgIpc) is 2.66. The second kappa shape index (κ2) is 6.57. The molecule has 25 heavy (non-hydrogen) atoms. The summed E-state index contributed by atoms with van der Waals surface area (Å²) >= 11 is 0. The maximum Gasteiger partial charge on any atom is 0.200 e. The predicted molar refractivity (Wildman–Crippen MR) is 92.3 cm³/mol. The minimum Gasteiger partial charge on any atom is -0.497 e. The Morgan fingerprint density at radius 3 is 2.36 bits per heavy atom. The first kappa shape index (κ1) is 16.4. The number of nitrogens with zero attached hydrogens (tertiary/aromatic N) is 1. The molecule has 0 N–H and O–H groups in total. The highest BCUT2D eigenvalue weighted by Crippen LogP contribution is 2.36. The molecule has 1 heterocycles. The van der Waals surface area contributed by atoms with Crippen LogP contribution in [0.3, 0.4) is 0 Å². The van der Waals surface area contributed by atoms with Gasteiger partial charge in [-0.05, 0) is 18.2 Å². The third-order valence-electron chi connectivity index (χ3n) is 3.89. The second-order valence-electron chi connectivity index (χ2n) is 5.21. The number of rotatable bonds is 4. The van der Waals surface area contributed by atoms with Gasteiger partial charge in [0.2, 0.25) is 5.43 Å². The summed E-state index contributed by atoms with van der Waals surface area (Å²) in [5, 5.41) is 9.74. The lowest BCUT2D eigenvalue weighted by Crippen LogP contribution is -2.06. The first-order valence-electron chi connectivity index (χ1n) is 7.39. The van der Waals surface area contributed by atoms with Crippen LogP contribution in [0.4, 0.5) is 0 Å². The number of hydrogen-bond donors (Lipinski definition) is 0. The van der Waals surface area contributed by atoms with Crippen molar-refractivity contribution in [3.8, 4) is 34.4 Å². The van der Waals surface area contributed by atoms with Gasteiger partial charge in [0.15, 0.2) is 0 Å². The lowest BCUT2D eigenvalue weighted by molar-refractivity contribution is 0.403. The smallest absolute Gasteiger partial charge is 0.200 e. The fourth-order valence-corrected chi connectivity index (χ4v) is 2.64. The van der Waals surface area contributed by atoms with Crippen LogP contribution >= 0.6 is 0 Å². The molecule has 0 aliphatic rings. The molecule has 126 valence electrons. The molecule has 3 rings (SSSR count). The predicted octanol–water partition coefficient (Wildman–Crippen LogP) is 3.36. The van der Waals surface area contributed by atoms with Gasteiger partial charge in [-0.3, -0.25) is 4.79 Å². The monoisotopic (exact) mass is 337 g/mol. The Balaban J connectivity index is 2.32. The van der Waals surface area contributed by atoms with Crippen LogP contribution in [-0.2, 0) is 0 Å². The molecule has 0 spiro atoms. The van der Waals surface area contributed by atoms with E-state index in [-0.39, 0.29) is 16.6 Å². The van der Waals surface area contributed by atoms with Crippen molar-refractivity contribution < 1.29 is 18.6 Å². The van der Waals surface area contributed by atoms with Gasteiger partial charge >= 0.3 is 0 Å². The Morgan fingerprint density at radius 1 is 0.960 bits per heavy atom. The maximum atomic E-state index is 12.9. The number of hydrogen-bond acceptors (Lipinski definition) is 6. The Kier molecular flexibility index (Phi) is 4.31. The van der Waals surface area contributed by atoms with Crippen molar-refractivity contribution in [1.29, 1.82) is 5.26 Å². The summed E-state index contributed by atoms with van der Waals surface area (Å²) in [4.78, 5) is 12.9. The second-order valence-corrected chi connectivity index (χ2v) is 5.21. The lowest BCUT2D eigenvalue weighted by atomic mass is 10.0. The zero-order valence-corrected chi connectivity index (χ0v) is 14.0. The molecule has 0 atom stereocenters. The molecule has 0 aliphatic carbocycles. The summed E-state index contributed by atoms with van der Waals surface area (Å²) in [6.07, 6.45) is 1.35. The summed E-state index contributed by atoms with van der Waals surface area (Å²) in [6.45, 7) is 0. The number of methoxy groups -OCH3 is 3. The van der Waals surface area contributed by atoms with Gasteiger partial charge in [0.1, 0.15) is 35.2 Å². The van der Waals surface area contributed by atoms with E-state index in [1.807, 2.05) is 6.07 Å². The molecule has 0 bridgehead atoms. The lowest BCUT2D eigenvalue weighted by Gasteiger charge is -2.12. The number of fused-ring (bicyclic) bond motifs is 1. The summed E-state index contributed by atoms with van der Waals surface area (Å²) in [5.74, 6) is 1.33. The fourth-order valence-electron chi connectivity index (χ4n) is 2.64. The first-order valence-corrected chi connectivity index (χ1v) is 7.39. The number of nitriles is 1. The van der Waals surface area contributed by atoms with E-state index < -0.39 is 0 Å². The summed E-state index contributed by atoms with van der Waals surface area (Å²) in [5.41, 5.74) is 1.16. The number of ether oxygens (including phenoxy) is 3. The van der Waals surface area contributed by atoms with E-state index in [4.69, 9.17) is 18.6 Å². The van der Waals surface area contributed by atoms with Gasteiger partial charge in [0, 0.05) is 17.7 Å². The van der Waals surface area contributed by atoms with Crippen LogP contribution in [0.15, 0.2) is 45.8 Å². The van der Waals surface area contributed by atoms with Crippen LogP contribution in [0, 0.1) is 11.3 Å². The van der Waals surface area contributed by atoms with E-state index in [0.29, 0.717) is 33.8 Å². The highest BCUT2D eigenvalue weighted by Gasteiger charge is 2.18. The van der Waals surface area contributed by atoms with Crippen LogP contribution in [0.5, 0.6) is 17.2 Å². The molecule has 0 saturated carbocycles. The van der Waals surface area contributed by atoms with Crippen molar-refractivity contribution in [3.05, 3.63) is 52.4 Å². The van der Waals surface area contributed by atoms with Crippen molar-refractivity contribution in [2.45, 2.75) is 0 Å². The SMILES string of the molecule is COc1cc(C#N)c(OC)c(-c2coc3cc(OC)ccc3c2=O)c1. The average molecular weight is 337 g/mol. The fraction of sp³-hybridized carbons (Fsp3) is 0.158. The van der Waals surface area contributed by atoms with Crippen LogP contribution < -0.4 is 19.6 Å². The van der Waals surface area contributed by atoms with Gasteiger partial charge in [0.25, 0.3) is 0 Å². The summed E-state index contributed by atoms with van der Waals surface area (Å²) < 4.78 is 21.3. The Morgan fingerprint density at radius 2 is 1.72 bits per heavy atom. The van der Waals surface area contributed by atoms with Gasteiger partial charge in [-0.15, -0.1) is 0 Å². The topological polar surface area (TPSA) is 81.7 Å². The summed E-state index contributed by atoms with van der Waals surface area (Å²) in [6, 6.07) is 10.2. The third kappa shape index (κ3) is 2.76. The van der Waals surface area contributed by atoms with Crippen molar-refractivity contribution in [2.75, 3.05) is 21.3 Å². The molecule has 6 heteroatoms. The van der Waals surface area contributed by atoms with E-state index in [0.717, 1.165) is 0 Å². The molecule has 0 fully saturated rings. The Labute approximate surface area is 143 Å². The molecule has 0 saturated heterocycles. The Hall–Kier alpha value is -3.46. The van der Waals surface area contributed by atoms with E-state index in [1.165, 1.54) is 27.6 Å². The highest BCUT2D eigenvalue weighted by molar-refractivity contribution is 5.85. The molecule has 2 aromatic carbocycles. The highest BCUT2D eigenvalue weighted by atomic mass is 16.5. The molecule has 1 aromatic heterocycles. The van der Waals surface area contributed by atoms with E-state index in [1.54, 1.807) is 30.3 Å². The molecule has 6 nitrogen and oxygen atoms in total. The van der Waals surface area contributed by atoms with Gasteiger partial charge in [0.05, 0.1) is 37.8 Å². The van der Waals surface area contributed by atoms with Crippen molar-refractivity contribution >= 4 is 11.0 Å². The molecule has 3 aromatic rings. The zero-order chi connectivity index (χ0) is 18.0. The van der Waals surface area contributed by atoms with Gasteiger partial charge in [-0.2, -0.15) is 5.26 Å². The molecular formula is C19H15NO5. The normalized spacial score (nSPS) is 10.3. The van der Waals surface area contributed by atoms with Crippen molar-refractivity contribution in [1.82, 2.24) is 0 Å². The number of benzene rings is 2. The molecular weight excluding hydrogens is 322 g/mol. The standard InChI is InChI=1S/C19H15NO5/c1-22-12-4-5-14-17(8-12)25-10-16(18(14)21)15-7-13(23-2)6-11(9-20)19(15)24-3/h4-8,10H,1-3H3. The van der Waals surface area contributed by atoms with Gasteiger partial charge in [-0.1, -0.05) is 0 Å². The van der Waals surface area contributed by atoms with Crippen LogP contribution in [0.1, 0.15) is 5.56 Å². The minimum absolute atomic E-state index is 0.237. The van der Waals surface area contributed by atoms with Crippen molar-refractivity contribution in [2.24, 2.45) is 0 Å². The summed E-state index contributed by atoms with van der Waals surface area (Å²) in [7, 11) is 4.47. The van der Waals surface area contributed by atoms with Crippen LogP contribution in [-0.4, -0.2) is 21.3 Å². The Bertz CT molecular complexity index is 1050. The van der Waals surface area contributed by atoms with Gasteiger partial charge < -0.3 is 18.6 Å². The van der Waals surface area contributed by atoms with E-state index in [9.17, 15) is 10.1 Å². The maximum absolute atomic E-state index is 12.9. The first-order chi connectivity index (χ1) is 12.1. The third-order valence-corrected chi connectivity index (χ3v) is 3.89. The zero-order valence-electron chi connectivity index (χ0n) is 14.0. The molecule has 0 aliphatic heterocycles. The largest absolute Gasteiger partial charge is 0.497 e. The van der Waals surface area contributed by atoms with Crippen LogP contribution in [0.25, 0.3) is 22.1 Å².